The number of rotatable bonds is 5. The molecule has 1 aromatic rings. The van der Waals surface area contributed by atoms with Crippen LogP contribution < -0.4 is 0 Å². The van der Waals surface area contributed by atoms with E-state index in [1.165, 1.54) is 16.4 Å². The zero-order chi connectivity index (χ0) is 13.8. The van der Waals surface area contributed by atoms with Gasteiger partial charge in [0.05, 0.1) is 10.5 Å². The first-order valence-electron chi connectivity index (χ1n) is 5.96. The van der Waals surface area contributed by atoms with Gasteiger partial charge in [-0.1, -0.05) is 19.1 Å². The Kier molecular flexibility index (Phi) is 4.88. The molecule has 0 fully saturated rings. The normalized spacial score (nSPS) is 11.8. The lowest BCUT2D eigenvalue weighted by Gasteiger charge is -2.25. The van der Waals surface area contributed by atoms with E-state index in [2.05, 4.69) is 0 Å². The molecule has 0 aliphatic rings. The van der Waals surface area contributed by atoms with Gasteiger partial charge in [-0.3, -0.25) is 0 Å². The Bertz CT molecular complexity index is 544. The number of nitriles is 1. The number of hydrogen-bond acceptors (Lipinski definition) is 3. The van der Waals surface area contributed by atoms with Crippen LogP contribution >= 0.6 is 0 Å². The number of nitrogens with zero attached hydrogens (tertiary/aromatic N) is 2. The van der Waals surface area contributed by atoms with Gasteiger partial charge in [0, 0.05) is 12.6 Å². The second-order valence-corrected chi connectivity index (χ2v) is 6.18. The Morgan fingerprint density at radius 2 is 1.94 bits per heavy atom. The second kappa shape index (κ2) is 5.98. The average Bonchev–Trinajstić information content (AvgIpc) is 2.35. The van der Waals surface area contributed by atoms with Crippen LogP contribution in [0.5, 0.6) is 0 Å². The van der Waals surface area contributed by atoms with Crippen molar-refractivity contribution in [3.8, 4) is 6.07 Å². The summed E-state index contributed by atoms with van der Waals surface area (Å²) in [6.07, 6.45) is 0.742. The summed E-state index contributed by atoms with van der Waals surface area (Å²) in [7, 11) is -3.59. The Morgan fingerprint density at radius 1 is 1.33 bits per heavy atom. The Labute approximate surface area is 109 Å². The van der Waals surface area contributed by atoms with Crippen molar-refractivity contribution >= 4 is 10.0 Å². The summed E-state index contributed by atoms with van der Waals surface area (Å²) in [6.45, 7) is 6.06. The second-order valence-electron chi connectivity index (χ2n) is 4.32. The molecule has 0 atom stereocenters. The highest BCUT2D eigenvalue weighted by Gasteiger charge is 2.28. The third-order valence-electron chi connectivity index (χ3n) is 2.61. The molecule has 0 radical (unpaired) electrons. The summed E-state index contributed by atoms with van der Waals surface area (Å²) < 4.78 is 26.5. The van der Waals surface area contributed by atoms with Crippen LogP contribution in [-0.2, 0) is 10.0 Å². The van der Waals surface area contributed by atoms with Crippen LogP contribution in [0.2, 0.25) is 0 Å². The molecular weight excluding hydrogens is 248 g/mol. The standard InChI is InChI=1S/C13H18N2O2S/c1-4-9-15(11(2)3)18(16,17)13-8-6-5-7-12(13)10-14/h5-8,11H,4,9H2,1-3H3. The fourth-order valence-corrected chi connectivity index (χ4v) is 3.66. The smallest absolute Gasteiger partial charge is 0.207 e. The van der Waals surface area contributed by atoms with Gasteiger partial charge < -0.3 is 0 Å². The lowest BCUT2D eigenvalue weighted by molar-refractivity contribution is 0.354. The van der Waals surface area contributed by atoms with Crippen molar-refractivity contribution in [3.05, 3.63) is 29.8 Å². The zero-order valence-corrected chi connectivity index (χ0v) is 11.7. The average molecular weight is 266 g/mol. The third kappa shape index (κ3) is 2.89. The molecule has 18 heavy (non-hydrogen) atoms. The molecule has 0 saturated carbocycles. The summed E-state index contributed by atoms with van der Waals surface area (Å²) in [5, 5.41) is 9.00. The molecule has 0 saturated heterocycles. The van der Waals surface area contributed by atoms with Crippen molar-refractivity contribution in [2.45, 2.75) is 38.1 Å². The van der Waals surface area contributed by atoms with Gasteiger partial charge in [0.2, 0.25) is 10.0 Å². The van der Waals surface area contributed by atoms with Crippen LogP contribution in [0.25, 0.3) is 0 Å². The maximum atomic E-state index is 12.5. The molecule has 5 heteroatoms. The van der Waals surface area contributed by atoms with Crippen molar-refractivity contribution in [2.75, 3.05) is 6.54 Å². The molecule has 1 aromatic carbocycles. The van der Waals surface area contributed by atoms with E-state index in [1.54, 1.807) is 12.1 Å². The van der Waals surface area contributed by atoms with E-state index in [1.807, 2.05) is 26.8 Å². The van der Waals surface area contributed by atoms with Crippen molar-refractivity contribution in [1.82, 2.24) is 4.31 Å². The van der Waals surface area contributed by atoms with E-state index < -0.39 is 10.0 Å². The predicted molar refractivity (Wildman–Crippen MR) is 70.5 cm³/mol. The fraction of sp³-hybridized carbons (Fsp3) is 0.462. The molecule has 98 valence electrons. The zero-order valence-electron chi connectivity index (χ0n) is 10.9. The Morgan fingerprint density at radius 3 is 2.44 bits per heavy atom. The first kappa shape index (κ1) is 14.7. The molecule has 0 aliphatic heterocycles. The predicted octanol–water partition coefficient (Wildman–Crippen LogP) is 2.37. The van der Waals surface area contributed by atoms with Gasteiger partial charge in [0.25, 0.3) is 0 Å². The first-order valence-corrected chi connectivity index (χ1v) is 7.40. The maximum absolute atomic E-state index is 12.5. The van der Waals surface area contributed by atoms with Gasteiger partial charge in [-0.15, -0.1) is 0 Å². The van der Waals surface area contributed by atoms with Gasteiger partial charge in [0.15, 0.2) is 0 Å². The molecular formula is C13H18N2O2S. The molecule has 0 heterocycles. The molecule has 0 aliphatic carbocycles. The molecule has 0 N–H and O–H groups in total. The van der Waals surface area contributed by atoms with E-state index >= 15 is 0 Å². The van der Waals surface area contributed by atoms with E-state index in [0.717, 1.165) is 6.42 Å². The van der Waals surface area contributed by atoms with Gasteiger partial charge in [0.1, 0.15) is 6.07 Å². The molecule has 1 rings (SSSR count). The van der Waals surface area contributed by atoms with Crippen LogP contribution in [0.15, 0.2) is 29.2 Å². The lowest BCUT2D eigenvalue weighted by Crippen LogP contribution is -2.37. The topological polar surface area (TPSA) is 61.2 Å². The van der Waals surface area contributed by atoms with Crippen molar-refractivity contribution < 1.29 is 8.42 Å². The largest absolute Gasteiger partial charge is 0.244 e. The van der Waals surface area contributed by atoms with Gasteiger partial charge >= 0.3 is 0 Å². The van der Waals surface area contributed by atoms with Crippen LogP contribution in [-0.4, -0.2) is 25.3 Å². The van der Waals surface area contributed by atoms with Crippen LogP contribution in [0.3, 0.4) is 0 Å². The first-order chi connectivity index (χ1) is 8.45. The van der Waals surface area contributed by atoms with Crippen LogP contribution in [0.4, 0.5) is 0 Å². The van der Waals surface area contributed by atoms with Gasteiger partial charge in [-0.2, -0.15) is 9.57 Å². The Balaban J connectivity index is 3.32. The lowest BCUT2D eigenvalue weighted by atomic mass is 10.2. The summed E-state index contributed by atoms with van der Waals surface area (Å²) in [4.78, 5) is 0.0923. The highest BCUT2D eigenvalue weighted by Crippen LogP contribution is 2.21. The number of sulfonamides is 1. The minimum Gasteiger partial charge on any atom is -0.207 e. The summed E-state index contributed by atoms with van der Waals surface area (Å²) in [5.41, 5.74) is 0.194. The minimum absolute atomic E-state index is 0.0923. The molecule has 0 spiro atoms. The summed E-state index contributed by atoms with van der Waals surface area (Å²) in [6, 6.07) is 8.12. The fourth-order valence-electron chi connectivity index (χ4n) is 1.79. The quantitative estimate of drug-likeness (QED) is 0.822. The third-order valence-corrected chi connectivity index (χ3v) is 4.75. The highest BCUT2D eigenvalue weighted by molar-refractivity contribution is 7.89. The monoisotopic (exact) mass is 266 g/mol. The Hall–Kier alpha value is -1.38. The highest BCUT2D eigenvalue weighted by atomic mass is 32.2. The van der Waals surface area contributed by atoms with Crippen molar-refractivity contribution in [1.29, 1.82) is 5.26 Å². The van der Waals surface area contributed by atoms with Crippen LogP contribution in [0.1, 0.15) is 32.8 Å². The van der Waals surface area contributed by atoms with E-state index in [9.17, 15) is 8.42 Å². The molecule has 4 nitrogen and oxygen atoms in total. The van der Waals surface area contributed by atoms with E-state index in [4.69, 9.17) is 5.26 Å². The minimum atomic E-state index is -3.59. The molecule has 0 unspecified atom stereocenters. The number of hydrogen-bond donors (Lipinski definition) is 0. The maximum Gasteiger partial charge on any atom is 0.244 e. The van der Waals surface area contributed by atoms with Gasteiger partial charge in [-0.25, -0.2) is 8.42 Å². The van der Waals surface area contributed by atoms with Crippen molar-refractivity contribution in [3.63, 3.8) is 0 Å². The van der Waals surface area contributed by atoms with Gasteiger partial charge in [-0.05, 0) is 32.4 Å². The van der Waals surface area contributed by atoms with E-state index in [-0.39, 0.29) is 16.5 Å². The van der Waals surface area contributed by atoms with E-state index in [0.29, 0.717) is 6.54 Å². The molecule has 0 aromatic heterocycles. The molecule has 0 amide bonds. The van der Waals surface area contributed by atoms with Crippen LogP contribution in [0, 0.1) is 11.3 Å². The summed E-state index contributed by atoms with van der Waals surface area (Å²) in [5.74, 6) is 0. The van der Waals surface area contributed by atoms with Crippen molar-refractivity contribution in [2.24, 2.45) is 0 Å². The number of benzene rings is 1. The SMILES string of the molecule is CCCN(C(C)C)S(=O)(=O)c1ccccc1C#N. The summed E-state index contributed by atoms with van der Waals surface area (Å²) >= 11 is 0. The molecule has 0 bridgehead atoms.